The number of morpholine rings is 1. The topological polar surface area (TPSA) is 73.5 Å². The third kappa shape index (κ3) is 6.71. The van der Waals surface area contributed by atoms with Gasteiger partial charge in [0, 0.05) is 67.9 Å². The zero-order chi connectivity index (χ0) is 29.9. The fourth-order valence-electron chi connectivity index (χ4n) is 6.33. The summed E-state index contributed by atoms with van der Waals surface area (Å²) in [7, 11) is 0. The third-order valence-electron chi connectivity index (χ3n) is 8.64. The van der Waals surface area contributed by atoms with E-state index in [1.54, 1.807) is 29.6 Å². The van der Waals surface area contributed by atoms with Crippen LogP contribution in [0.2, 0.25) is 0 Å². The Morgan fingerprint density at radius 3 is 2.59 bits per heavy atom. The predicted molar refractivity (Wildman–Crippen MR) is 180 cm³/mol. The number of rotatable bonds is 8. The van der Waals surface area contributed by atoms with E-state index in [1.165, 1.54) is 51.9 Å². The van der Waals surface area contributed by atoms with E-state index in [1.807, 2.05) is 0 Å². The quantitative estimate of drug-likeness (QED) is 0.187. The van der Waals surface area contributed by atoms with Gasteiger partial charge >= 0.3 is 0 Å². The first kappa shape index (κ1) is 29.5. The van der Waals surface area contributed by atoms with Gasteiger partial charge in [0.1, 0.15) is 0 Å². The van der Waals surface area contributed by atoms with E-state index in [2.05, 4.69) is 87.7 Å². The summed E-state index contributed by atoms with van der Waals surface area (Å²) in [6.45, 7) is 8.51. The maximum Gasteiger partial charge on any atom is 0.250 e. The molecule has 2 N–H and O–H groups in total. The van der Waals surface area contributed by atoms with Gasteiger partial charge in [-0.15, -0.1) is 0 Å². The molecule has 2 aromatic carbocycles. The summed E-state index contributed by atoms with van der Waals surface area (Å²) in [6, 6.07) is 23.4. The van der Waals surface area contributed by atoms with Crippen molar-refractivity contribution in [3.8, 4) is 11.3 Å². The van der Waals surface area contributed by atoms with Gasteiger partial charge < -0.3 is 24.8 Å². The Bertz CT molecular complexity index is 1680. The number of nitrogens with one attached hydrogen (secondary N) is 2. The first-order valence-electron chi connectivity index (χ1n) is 15.7. The predicted octanol–water partition coefficient (Wildman–Crippen LogP) is 7.23. The average Bonchev–Trinajstić information content (AvgIpc) is 3.06. The van der Waals surface area contributed by atoms with E-state index >= 15 is 0 Å². The van der Waals surface area contributed by atoms with Crippen molar-refractivity contribution in [1.82, 2.24) is 14.9 Å². The molecule has 2 fully saturated rings. The lowest BCUT2D eigenvalue weighted by Crippen LogP contribution is -2.36. The van der Waals surface area contributed by atoms with E-state index in [0.717, 1.165) is 60.1 Å². The number of ether oxygens (including phenoxy) is 1. The van der Waals surface area contributed by atoms with Crippen LogP contribution in [0.3, 0.4) is 0 Å². The molecule has 0 amide bonds. The molecule has 0 saturated carbocycles. The van der Waals surface area contributed by atoms with Gasteiger partial charge in [-0.3, -0.25) is 9.78 Å². The largest absolute Gasteiger partial charge is 0.378 e. The van der Waals surface area contributed by atoms with Crippen LogP contribution in [0.5, 0.6) is 0 Å². The molecule has 0 aliphatic carbocycles. The summed E-state index contributed by atoms with van der Waals surface area (Å²) in [5.41, 5.74) is 6.05. The maximum atomic E-state index is 12.7. The Labute approximate surface area is 267 Å². The van der Waals surface area contributed by atoms with E-state index < -0.39 is 0 Å². The van der Waals surface area contributed by atoms with Gasteiger partial charge in [-0.05, 0) is 81.7 Å². The lowest BCUT2D eigenvalue weighted by atomic mass is 10.1. The van der Waals surface area contributed by atoms with Crippen LogP contribution < -0.4 is 15.8 Å². The van der Waals surface area contributed by atoms with Crippen LogP contribution in [-0.2, 0) is 4.74 Å². The van der Waals surface area contributed by atoms with Crippen molar-refractivity contribution in [3.63, 3.8) is 0 Å². The summed E-state index contributed by atoms with van der Waals surface area (Å²) in [6.07, 6.45) is 4.98. The summed E-state index contributed by atoms with van der Waals surface area (Å²) >= 11 is 3.58. The monoisotopic (exact) mass is 625 g/mol. The molecule has 2 saturated heterocycles. The fourth-order valence-corrected chi connectivity index (χ4v) is 8.74. The van der Waals surface area contributed by atoms with Crippen LogP contribution in [-0.4, -0.2) is 60.8 Å². The number of fused-ring (bicyclic) bond motifs is 2. The number of piperidine rings is 1. The molecular weight excluding hydrogens is 587 g/mol. The minimum absolute atomic E-state index is 0.0795. The number of aryl methyl sites for hydroxylation is 1. The highest BCUT2D eigenvalue weighted by atomic mass is 32.2. The summed E-state index contributed by atoms with van der Waals surface area (Å²) in [5, 5.41) is 3.85. The summed E-state index contributed by atoms with van der Waals surface area (Å²) in [5.74, 6) is 0. The van der Waals surface area contributed by atoms with Crippen molar-refractivity contribution >= 4 is 34.9 Å². The number of likely N-dealkylation sites (tertiary alicyclic amines) is 1. The van der Waals surface area contributed by atoms with Crippen LogP contribution in [0.25, 0.3) is 11.3 Å². The van der Waals surface area contributed by atoms with Crippen molar-refractivity contribution in [2.24, 2.45) is 0 Å². The molecule has 2 aromatic heterocycles. The molecule has 7 rings (SSSR count). The molecule has 0 bridgehead atoms. The molecule has 3 aliphatic heterocycles. The minimum Gasteiger partial charge on any atom is -0.378 e. The van der Waals surface area contributed by atoms with Gasteiger partial charge in [0.15, 0.2) is 0 Å². The maximum absolute atomic E-state index is 12.7. The van der Waals surface area contributed by atoms with Crippen molar-refractivity contribution < 1.29 is 4.74 Å². The first-order chi connectivity index (χ1) is 21.6. The third-order valence-corrected chi connectivity index (χ3v) is 11.2. The molecule has 4 aromatic rings. The minimum atomic E-state index is -0.0795. The second-order valence-corrected chi connectivity index (χ2v) is 13.9. The number of hydrogen-bond donors (Lipinski definition) is 2. The molecular formula is C35H39N5O2S2. The van der Waals surface area contributed by atoms with Crippen LogP contribution in [0, 0.1) is 6.92 Å². The Morgan fingerprint density at radius 2 is 1.75 bits per heavy atom. The first-order valence-corrected chi connectivity index (χ1v) is 17.3. The number of hydrogen-bond acceptors (Lipinski definition) is 8. The average molecular weight is 626 g/mol. The number of benzene rings is 2. The van der Waals surface area contributed by atoms with Crippen LogP contribution in [0.1, 0.15) is 43.1 Å². The number of H-pyrrole nitrogens is 1. The van der Waals surface area contributed by atoms with Gasteiger partial charge in [0.2, 0.25) is 5.56 Å². The Morgan fingerprint density at radius 1 is 0.909 bits per heavy atom. The summed E-state index contributed by atoms with van der Waals surface area (Å²) < 4.78 is 5.52. The molecule has 228 valence electrons. The van der Waals surface area contributed by atoms with Crippen LogP contribution in [0.4, 0.5) is 11.4 Å². The lowest BCUT2D eigenvalue weighted by Gasteiger charge is -2.29. The SMILES string of the molecule is Cc1cccc(C(CCN2CCCCC2)Nc2ccc3c(c2)Sc2cccc(-c4cc(N5CCOCC5)cc(=O)[nH]4)c2S3)n1. The fraction of sp³-hybridized carbons (Fsp3) is 0.371. The molecule has 1 unspecified atom stereocenters. The van der Waals surface area contributed by atoms with Crippen molar-refractivity contribution in [2.45, 2.75) is 58.2 Å². The number of pyridine rings is 2. The van der Waals surface area contributed by atoms with Gasteiger partial charge in [-0.1, -0.05) is 48.1 Å². The second-order valence-electron chi connectivity index (χ2n) is 11.8. The van der Waals surface area contributed by atoms with Gasteiger partial charge in [0.05, 0.1) is 30.6 Å². The van der Waals surface area contributed by atoms with E-state index in [0.29, 0.717) is 13.2 Å². The Hall–Kier alpha value is -3.24. The smallest absolute Gasteiger partial charge is 0.250 e. The molecule has 5 heterocycles. The lowest BCUT2D eigenvalue weighted by molar-refractivity contribution is 0.122. The number of nitrogens with zero attached hydrogens (tertiary/aromatic N) is 3. The summed E-state index contributed by atoms with van der Waals surface area (Å²) in [4.78, 5) is 30.4. The zero-order valence-electron chi connectivity index (χ0n) is 25.2. The molecule has 7 nitrogen and oxygen atoms in total. The van der Waals surface area contributed by atoms with Crippen molar-refractivity contribution in [2.75, 3.05) is 56.2 Å². The van der Waals surface area contributed by atoms with E-state index in [-0.39, 0.29) is 11.6 Å². The Balaban J connectivity index is 1.13. The highest BCUT2D eigenvalue weighted by molar-refractivity contribution is 8.05. The van der Waals surface area contributed by atoms with Gasteiger partial charge in [-0.2, -0.15) is 0 Å². The van der Waals surface area contributed by atoms with Crippen LogP contribution in [0.15, 0.2) is 91.1 Å². The standard InChI is InChI=1S/C35H39N5O2S2/c1-24-7-5-9-28(36-24)29(13-16-39-14-3-2-4-15-39)37-25-11-12-31-33(21-25)43-32-10-6-8-27(35(32)44-31)30-22-26(23-34(41)38-30)40-17-19-42-20-18-40/h5-12,21-23,29,37H,2-4,13-20H2,1H3,(H,38,41). The number of anilines is 2. The van der Waals surface area contributed by atoms with Crippen LogP contribution >= 0.6 is 23.5 Å². The molecule has 9 heteroatoms. The van der Waals surface area contributed by atoms with Crippen molar-refractivity contribution in [3.05, 3.63) is 88.5 Å². The van der Waals surface area contributed by atoms with E-state index in [9.17, 15) is 4.79 Å². The molecule has 1 atom stereocenters. The highest BCUT2D eigenvalue weighted by Crippen LogP contribution is 2.52. The Kier molecular flexibility index (Phi) is 8.98. The molecule has 0 spiro atoms. The second kappa shape index (κ2) is 13.4. The molecule has 44 heavy (non-hydrogen) atoms. The van der Waals surface area contributed by atoms with Crippen molar-refractivity contribution in [1.29, 1.82) is 0 Å². The number of aromatic amines is 1. The van der Waals surface area contributed by atoms with E-state index in [4.69, 9.17) is 9.72 Å². The van der Waals surface area contributed by atoms with Gasteiger partial charge in [-0.25, -0.2) is 0 Å². The normalized spacial score (nSPS) is 17.5. The highest BCUT2D eigenvalue weighted by Gasteiger charge is 2.23. The molecule has 3 aliphatic rings. The number of aromatic nitrogens is 2. The zero-order valence-corrected chi connectivity index (χ0v) is 26.8. The molecule has 0 radical (unpaired) electrons. The van der Waals surface area contributed by atoms with Gasteiger partial charge in [0.25, 0.3) is 0 Å².